The van der Waals surface area contributed by atoms with Gasteiger partial charge in [-0.1, -0.05) is 29.3 Å². The zero-order chi connectivity index (χ0) is 22.4. The molecular weight excluding hydrogens is 461 g/mol. The molecule has 1 fully saturated rings. The van der Waals surface area contributed by atoms with E-state index in [1.54, 1.807) is 23.1 Å². The van der Waals surface area contributed by atoms with Crippen LogP contribution in [0, 0.1) is 11.3 Å². The van der Waals surface area contributed by atoms with Gasteiger partial charge in [0, 0.05) is 32.6 Å². The summed E-state index contributed by atoms with van der Waals surface area (Å²) in [5.74, 6) is 0.430. The van der Waals surface area contributed by atoms with E-state index in [0.29, 0.717) is 53.9 Å². The number of carbonyl (C=O) groups is 1. The van der Waals surface area contributed by atoms with Crippen molar-refractivity contribution < 1.29 is 17.9 Å². The molecule has 0 aromatic heterocycles. The van der Waals surface area contributed by atoms with Gasteiger partial charge in [0.05, 0.1) is 28.2 Å². The number of rotatable bonds is 7. The predicted octanol–water partition coefficient (Wildman–Crippen LogP) is 3.56. The lowest BCUT2D eigenvalue weighted by Gasteiger charge is -2.34. The summed E-state index contributed by atoms with van der Waals surface area (Å²) in [6, 6.07) is 12.9. The molecule has 0 radical (unpaired) electrons. The SMILES string of the molecule is N#Cc1ccc(S(=O)(=O)N2CCN(C(=O)CCCOc3cccc(Cl)c3Cl)CC2)cc1. The highest BCUT2D eigenvalue weighted by molar-refractivity contribution is 7.89. The van der Waals surface area contributed by atoms with Gasteiger partial charge in [-0.25, -0.2) is 8.42 Å². The Bertz CT molecular complexity index is 1080. The molecule has 3 rings (SSSR count). The smallest absolute Gasteiger partial charge is 0.243 e. The van der Waals surface area contributed by atoms with Gasteiger partial charge in [0.25, 0.3) is 0 Å². The number of sulfonamides is 1. The number of benzene rings is 2. The molecule has 164 valence electrons. The Morgan fingerprint density at radius 1 is 1.06 bits per heavy atom. The minimum Gasteiger partial charge on any atom is -0.492 e. The van der Waals surface area contributed by atoms with E-state index in [2.05, 4.69) is 0 Å². The number of nitriles is 1. The topological polar surface area (TPSA) is 90.7 Å². The van der Waals surface area contributed by atoms with Crippen LogP contribution in [0.1, 0.15) is 18.4 Å². The lowest BCUT2D eigenvalue weighted by molar-refractivity contribution is -0.132. The molecule has 2 aromatic rings. The van der Waals surface area contributed by atoms with E-state index in [9.17, 15) is 13.2 Å². The van der Waals surface area contributed by atoms with Gasteiger partial charge in [0.15, 0.2) is 0 Å². The lowest BCUT2D eigenvalue weighted by atomic mass is 10.2. The van der Waals surface area contributed by atoms with E-state index < -0.39 is 10.0 Å². The fraction of sp³-hybridized carbons (Fsp3) is 0.333. The lowest BCUT2D eigenvalue weighted by Crippen LogP contribution is -2.50. The van der Waals surface area contributed by atoms with Gasteiger partial charge in [-0.05, 0) is 42.8 Å². The highest BCUT2D eigenvalue weighted by Crippen LogP contribution is 2.31. The average molecular weight is 482 g/mol. The summed E-state index contributed by atoms with van der Waals surface area (Å²) in [6.07, 6.45) is 0.798. The first-order chi connectivity index (χ1) is 14.8. The number of carbonyl (C=O) groups excluding carboxylic acids is 1. The van der Waals surface area contributed by atoms with E-state index in [0.717, 1.165) is 0 Å². The van der Waals surface area contributed by atoms with Crippen molar-refractivity contribution in [3.05, 3.63) is 58.1 Å². The third-order valence-electron chi connectivity index (χ3n) is 4.92. The van der Waals surface area contributed by atoms with Crippen LogP contribution in [0.25, 0.3) is 0 Å². The molecule has 31 heavy (non-hydrogen) atoms. The maximum Gasteiger partial charge on any atom is 0.243 e. The maximum atomic E-state index is 12.8. The van der Waals surface area contributed by atoms with Crippen molar-refractivity contribution >= 4 is 39.1 Å². The van der Waals surface area contributed by atoms with Crippen LogP contribution in [0.4, 0.5) is 0 Å². The second-order valence-corrected chi connectivity index (χ2v) is 9.65. The number of ether oxygens (including phenoxy) is 1. The zero-order valence-electron chi connectivity index (χ0n) is 16.6. The molecule has 1 aliphatic heterocycles. The van der Waals surface area contributed by atoms with Gasteiger partial charge >= 0.3 is 0 Å². The van der Waals surface area contributed by atoms with Crippen LogP contribution in [-0.4, -0.2) is 56.3 Å². The summed E-state index contributed by atoms with van der Waals surface area (Å²) >= 11 is 12.0. The van der Waals surface area contributed by atoms with Gasteiger partial charge in [0.1, 0.15) is 10.8 Å². The Kier molecular flexibility index (Phi) is 7.79. The second-order valence-electron chi connectivity index (χ2n) is 6.93. The van der Waals surface area contributed by atoms with Crippen molar-refractivity contribution in [2.75, 3.05) is 32.8 Å². The van der Waals surface area contributed by atoms with Crippen molar-refractivity contribution in [2.45, 2.75) is 17.7 Å². The molecule has 0 atom stereocenters. The van der Waals surface area contributed by atoms with Crippen molar-refractivity contribution in [3.63, 3.8) is 0 Å². The normalized spacial score (nSPS) is 14.8. The fourth-order valence-electron chi connectivity index (χ4n) is 3.19. The molecule has 0 aliphatic carbocycles. The van der Waals surface area contributed by atoms with Gasteiger partial charge in [-0.15, -0.1) is 0 Å². The first-order valence-corrected chi connectivity index (χ1v) is 11.9. The molecule has 1 amide bonds. The van der Waals surface area contributed by atoms with Crippen LogP contribution in [-0.2, 0) is 14.8 Å². The number of piperazine rings is 1. The molecule has 0 unspecified atom stereocenters. The molecule has 1 aliphatic rings. The molecule has 0 N–H and O–H groups in total. The Labute approximate surface area is 191 Å². The van der Waals surface area contributed by atoms with Crippen LogP contribution < -0.4 is 4.74 Å². The van der Waals surface area contributed by atoms with Crippen LogP contribution in [0.2, 0.25) is 10.0 Å². The summed E-state index contributed by atoms with van der Waals surface area (Å²) in [5.41, 5.74) is 0.399. The number of nitrogens with zero attached hydrogens (tertiary/aromatic N) is 3. The summed E-state index contributed by atoms with van der Waals surface area (Å²) in [6.45, 7) is 1.43. The van der Waals surface area contributed by atoms with Gasteiger partial charge < -0.3 is 9.64 Å². The summed E-state index contributed by atoms with van der Waals surface area (Å²) in [5, 5.41) is 9.60. The van der Waals surface area contributed by atoms with E-state index in [-0.39, 0.29) is 23.9 Å². The zero-order valence-corrected chi connectivity index (χ0v) is 19.0. The van der Waals surface area contributed by atoms with E-state index >= 15 is 0 Å². The fourth-order valence-corrected chi connectivity index (χ4v) is 4.96. The van der Waals surface area contributed by atoms with Gasteiger partial charge in [-0.2, -0.15) is 9.57 Å². The Morgan fingerprint density at radius 2 is 1.74 bits per heavy atom. The molecule has 10 heteroatoms. The number of halogens is 2. The molecular formula is C21H21Cl2N3O4S. The minimum atomic E-state index is -3.65. The highest BCUT2D eigenvalue weighted by atomic mass is 35.5. The van der Waals surface area contributed by atoms with Crippen LogP contribution in [0.5, 0.6) is 5.75 Å². The van der Waals surface area contributed by atoms with E-state index in [1.165, 1.54) is 28.6 Å². The van der Waals surface area contributed by atoms with Gasteiger partial charge in [0.2, 0.25) is 15.9 Å². The Balaban J connectivity index is 1.46. The average Bonchev–Trinajstić information content (AvgIpc) is 2.79. The second kappa shape index (κ2) is 10.3. The minimum absolute atomic E-state index is 0.0452. The van der Waals surface area contributed by atoms with Crippen LogP contribution in [0.3, 0.4) is 0 Å². The van der Waals surface area contributed by atoms with Crippen molar-refractivity contribution in [3.8, 4) is 11.8 Å². The molecule has 0 saturated carbocycles. The summed E-state index contributed by atoms with van der Waals surface area (Å²) in [4.78, 5) is 14.3. The van der Waals surface area contributed by atoms with Gasteiger partial charge in [-0.3, -0.25) is 4.79 Å². The third kappa shape index (κ3) is 5.69. The standard InChI is InChI=1S/C21H21Cl2N3O4S/c22-18-3-1-4-19(21(18)23)30-14-2-5-20(27)25-10-12-26(13-11-25)31(28,29)17-8-6-16(15-24)7-9-17/h1,3-4,6-9H,2,5,10-14H2. The van der Waals surface area contributed by atoms with Crippen molar-refractivity contribution in [2.24, 2.45) is 0 Å². The summed E-state index contributed by atoms with van der Waals surface area (Å²) in [7, 11) is -3.65. The third-order valence-corrected chi connectivity index (χ3v) is 7.64. The number of hydrogen-bond acceptors (Lipinski definition) is 5. The first kappa shape index (κ1) is 23.4. The van der Waals surface area contributed by atoms with Crippen LogP contribution >= 0.6 is 23.2 Å². The van der Waals surface area contributed by atoms with E-state index in [1.807, 2.05) is 6.07 Å². The molecule has 0 bridgehead atoms. The molecule has 1 heterocycles. The molecule has 7 nitrogen and oxygen atoms in total. The van der Waals surface area contributed by atoms with E-state index in [4.69, 9.17) is 33.2 Å². The summed E-state index contributed by atoms with van der Waals surface area (Å²) < 4.78 is 32.5. The maximum absolute atomic E-state index is 12.8. The molecule has 2 aromatic carbocycles. The Hall–Kier alpha value is -2.31. The monoisotopic (exact) mass is 481 g/mol. The molecule has 1 saturated heterocycles. The molecule has 0 spiro atoms. The predicted molar refractivity (Wildman–Crippen MR) is 118 cm³/mol. The number of hydrogen-bond donors (Lipinski definition) is 0. The van der Waals surface area contributed by atoms with Crippen molar-refractivity contribution in [1.82, 2.24) is 9.21 Å². The van der Waals surface area contributed by atoms with Crippen LogP contribution in [0.15, 0.2) is 47.4 Å². The highest BCUT2D eigenvalue weighted by Gasteiger charge is 2.29. The largest absolute Gasteiger partial charge is 0.492 e. The van der Waals surface area contributed by atoms with Crippen molar-refractivity contribution in [1.29, 1.82) is 5.26 Å². The quantitative estimate of drug-likeness (QED) is 0.563. The Morgan fingerprint density at radius 3 is 2.39 bits per heavy atom. The number of amides is 1. The first-order valence-electron chi connectivity index (χ1n) is 9.68.